The molecule has 0 aliphatic carbocycles. The minimum atomic E-state index is -3.76. The van der Waals surface area contributed by atoms with Gasteiger partial charge < -0.3 is 5.32 Å². The van der Waals surface area contributed by atoms with Crippen molar-refractivity contribution in [1.29, 1.82) is 0 Å². The first-order valence-corrected chi connectivity index (χ1v) is 7.94. The third-order valence-electron chi connectivity index (χ3n) is 3.39. The highest BCUT2D eigenvalue weighted by molar-refractivity contribution is 7.89. The van der Waals surface area contributed by atoms with Crippen molar-refractivity contribution >= 4 is 15.7 Å². The van der Waals surface area contributed by atoms with Gasteiger partial charge in [-0.15, -0.1) is 0 Å². The molecule has 7 nitrogen and oxygen atoms in total. The molecule has 1 N–H and O–H groups in total. The molecule has 1 aromatic rings. The molecule has 0 radical (unpaired) electrons. The van der Waals surface area contributed by atoms with Crippen LogP contribution in [0.5, 0.6) is 0 Å². The number of nitrogens with zero attached hydrogens (tertiary/aromatic N) is 2. The van der Waals surface area contributed by atoms with E-state index in [1.54, 1.807) is 27.0 Å². The summed E-state index contributed by atoms with van der Waals surface area (Å²) < 4.78 is 26.5. The summed E-state index contributed by atoms with van der Waals surface area (Å²) in [5.74, 6) is 0. The zero-order valence-electron chi connectivity index (χ0n) is 12.9. The maximum Gasteiger partial charge on any atom is 0.276 e. The van der Waals surface area contributed by atoms with Crippen molar-refractivity contribution in [1.82, 2.24) is 9.62 Å². The van der Waals surface area contributed by atoms with Crippen molar-refractivity contribution in [3.05, 3.63) is 32.9 Å². The van der Waals surface area contributed by atoms with Crippen molar-refractivity contribution in [2.75, 3.05) is 27.2 Å². The monoisotopic (exact) mass is 315 g/mol. The maximum atomic E-state index is 12.6. The van der Waals surface area contributed by atoms with E-state index in [-0.39, 0.29) is 16.1 Å². The van der Waals surface area contributed by atoms with Crippen LogP contribution in [0.1, 0.15) is 16.7 Å². The Hall–Kier alpha value is -1.51. The predicted molar refractivity (Wildman–Crippen MR) is 81.0 cm³/mol. The Morgan fingerprint density at radius 1 is 1.29 bits per heavy atom. The van der Waals surface area contributed by atoms with Gasteiger partial charge >= 0.3 is 0 Å². The second-order valence-electron chi connectivity index (χ2n) is 5.00. The van der Waals surface area contributed by atoms with Gasteiger partial charge in [0.15, 0.2) is 0 Å². The van der Waals surface area contributed by atoms with Crippen LogP contribution in [-0.4, -0.2) is 44.8 Å². The lowest BCUT2D eigenvalue weighted by atomic mass is 10.1. The van der Waals surface area contributed by atoms with Gasteiger partial charge in [0.25, 0.3) is 5.69 Å². The Kier molecular flexibility index (Phi) is 5.43. The van der Waals surface area contributed by atoms with Gasteiger partial charge in [-0.05, 0) is 39.4 Å². The number of nitrogens with one attached hydrogen (secondary N) is 1. The Labute approximate surface area is 125 Å². The number of sulfonamides is 1. The number of nitro groups is 1. The summed E-state index contributed by atoms with van der Waals surface area (Å²) in [6, 6.07) is 1.55. The lowest BCUT2D eigenvalue weighted by Gasteiger charge is -2.20. The number of benzene rings is 1. The Balaban J connectivity index is 3.49. The zero-order chi connectivity index (χ0) is 16.4. The van der Waals surface area contributed by atoms with Crippen LogP contribution >= 0.6 is 0 Å². The largest absolute Gasteiger partial charge is 0.318 e. The Morgan fingerprint density at radius 2 is 1.86 bits per heavy atom. The molecular formula is C13H21N3O4S. The van der Waals surface area contributed by atoms with E-state index >= 15 is 0 Å². The van der Waals surface area contributed by atoms with Crippen molar-refractivity contribution < 1.29 is 13.3 Å². The summed E-state index contributed by atoms with van der Waals surface area (Å²) in [5.41, 5.74) is 1.04. The van der Waals surface area contributed by atoms with E-state index in [1.165, 1.54) is 18.3 Å². The number of rotatable bonds is 6. The molecule has 0 aliphatic heterocycles. The molecule has 0 fully saturated rings. The SMILES string of the molecule is CNCCN(C)S(=O)(=O)c1c(C)cc(C)c([N+](=O)[O-])c1C. The maximum absolute atomic E-state index is 12.6. The minimum absolute atomic E-state index is 0.0263. The fourth-order valence-corrected chi connectivity index (χ4v) is 3.97. The number of likely N-dealkylation sites (N-methyl/N-ethyl adjacent to an activating group) is 2. The fraction of sp³-hybridized carbons (Fsp3) is 0.538. The van der Waals surface area contributed by atoms with Crippen LogP contribution in [-0.2, 0) is 10.0 Å². The molecule has 1 aromatic carbocycles. The highest BCUT2D eigenvalue weighted by Crippen LogP contribution is 2.32. The topological polar surface area (TPSA) is 92.6 Å². The van der Waals surface area contributed by atoms with Crippen molar-refractivity contribution in [3.63, 3.8) is 0 Å². The second-order valence-corrected chi connectivity index (χ2v) is 6.98. The lowest BCUT2D eigenvalue weighted by Crippen LogP contribution is -2.33. The first-order valence-electron chi connectivity index (χ1n) is 6.50. The van der Waals surface area contributed by atoms with Crippen LogP contribution in [0, 0.1) is 30.9 Å². The molecule has 0 bridgehead atoms. The highest BCUT2D eigenvalue weighted by Gasteiger charge is 2.30. The number of nitro benzene ring substituents is 1. The average Bonchev–Trinajstić information content (AvgIpc) is 2.33. The van der Waals surface area contributed by atoms with Crippen molar-refractivity contribution in [2.24, 2.45) is 0 Å². The number of aryl methyl sites for hydroxylation is 2. The van der Waals surface area contributed by atoms with Gasteiger partial charge in [0.05, 0.1) is 9.82 Å². The van der Waals surface area contributed by atoms with Gasteiger partial charge in [-0.3, -0.25) is 10.1 Å². The quantitative estimate of drug-likeness (QED) is 0.632. The molecule has 0 aromatic heterocycles. The van der Waals surface area contributed by atoms with Gasteiger partial charge in [-0.2, -0.15) is 4.31 Å². The molecule has 0 atom stereocenters. The smallest absolute Gasteiger partial charge is 0.276 e. The molecule has 0 aliphatic rings. The van der Waals surface area contributed by atoms with Crippen LogP contribution in [0.15, 0.2) is 11.0 Å². The summed E-state index contributed by atoms with van der Waals surface area (Å²) in [5, 5.41) is 14.0. The third kappa shape index (κ3) is 3.39. The Bertz CT molecular complexity index is 656. The van der Waals surface area contributed by atoms with Crippen LogP contribution in [0.2, 0.25) is 0 Å². The summed E-state index contributed by atoms with van der Waals surface area (Å²) >= 11 is 0. The first-order chi connectivity index (χ1) is 9.64. The molecule has 0 spiro atoms. The highest BCUT2D eigenvalue weighted by atomic mass is 32.2. The standard InChI is InChI=1S/C13H21N3O4S/c1-9-8-10(2)13(11(3)12(9)16(17)18)21(19,20)15(5)7-6-14-4/h8,14H,6-7H2,1-5H3. The van der Waals surface area contributed by atoms with Crippen molar-refractivity contribution in [3.8, 4) is 0 Å². The number of hydrogen-bond donors (Lipinski definition) is 1. The molecule has 0 saturated carbocycles. The van der Waals surface area contributed by atoms with Gasteiger partial charge in [-0.1, -0.05) is 0 Å². The minimum Gasteiger partial charge on any atom is -0.318 e. The number of hydrogen-bond acceptors (Lipinski definition) is 5. The van der Waals surface area contributed by atoms with Gasteiger partial charge in [-0.25, -0.2) is 8.42 Å². The first kappa shape index (κ1) is 17.5. The van der Waals surface area contributed by atoms with Crippen LogP contribution in [0.4, 0.5) is 5.69 Å². The van der Waals surface area contributed by atoms with Crippen LogP contribution < -0.4 is 5.32 Å². The van der Waals surface area contributed by atoms with E-state index in [0.717, 1.165) is 0 Å². The average molecular weight is 315 g/mol. The lowest BCUT2D eigenvalue weighted by molar-refractivity contribution is -0.386. The molecule has 8 heteroatoms. The van der Waals surface area contributed by atoms with E-state index in [1.807, 2.05) is 0 Å². The molecule has 0 saturated heterocycles. The van der Waals surface area contributed by atoms with E-state index in [2.05, 4.69) is 5.32 Å². The summed E-state index contributed by atoms with van der Waals surface area (Å²) in [7, 11) is -0.557. The van der Waals surface area contributed by atoms with Gasteiger partial charge in [0.1, 0.15) is 0 Å². The molecule has 0 heterocycles. The summed E-state index contributed by atoms with van der Waals surface area (Å²) in [6.45, 7) is 5.54. The zero-order valence-corrected chi connectivity index (χ0v) is 13.7. The predicted octanol–water partition coefficient (Wildman–Crippen LogP) is 1.36. The molecule has 0 amide bonds. The summed E-state index contributed by atoms with van der Waals surface area (Å²) in [6.07, 6.45) is 0. The second kappa shape index (κ2) is 6.50. The van der Waals surface area contributed by atoms with E-state index in [4.69, 9.17) is 0 Å². The van der Waals surface area contributed by atoms with E-state index in [9.17, 15) is 18.5 Å². The molecule has 118 valence electrons. The van der Waals surface area contributed by atoms with E-state index < -0.39 is 14.9 Å². The van der Waals surface area contributed by atoms with Crippen LogP contribution in [0.25, 0.3) is 0 Å². The summed E-state index contributed by atoms with van der Waals surface area (Å²) in [4.78, 5) is 10.7. The van der Waals surface area contributed by atoms with Gasteiger partial charge in [0, 0.05) is 31.3 Å². The van der Waals surface area contributed by atoms with Crippen LogP contribution in [0.3, 0.4) is 0 Å². The van der Waals surface area contributed by atoms with E-state index in [0.29, 0.717) is 24.2 Å². The van der Waals surface area contributed by atoms with Gasteiger partial charge in [0.2, 0.25) is 10.0 Å². The van der Waals surface area contributed by atoms with Crippen molar-refractivity contribution in [2.45, 2.75) is 25.7 Å². The molecule has 21 heavy (non-hydrogen) atoms. The molecule has 1 rings (SSSR count). The Morgan fingerprint density at radius 3 is 2.33 bits per heavy atom. The molecular weight excluding hydrogens is 294 g/mol. The third-order valence-corrected chi connectivity index (χ3v) is 5.54. The normalized spacial score (nSPS) is 11.9. The molecule has 0 unspecified atom stereocenters. The fourth-order valence-electron chi connectivity index (χ4n) is 2.38.